The van der Waals surface area contributed by atoms with Crippen molar-refractivity contribution >= 4 is 5.78 Å². The molecule has 0 fully saturated rings. The molecule has 0 aliphatic heterocycles. The van der Waals surface area contributed by atoms with Crippen LogP contribution in [0.5, 0.6) is 11.5 Å². The van der Waals surface area contributed by atoms with Crippen molar-refractivity contribution in [3.63, 3.8) is 0 Å². The topological polar surface area (TPSA) is 55.8 Å². The predicted octanol–water partition coefficient (Wildman–Crippen LogP) is 2.40. The van der Waals surface area contributed by atoms with Gasteiger partial charge in [-0.15, -0.1) is 0 Å². The SMILES string of the molecule is CCOCCOc1ccc(C(=O)CC)c(O)c1. The zero-order valence-corrected chi connectivity index (χ0v) is 10.2. The molecule has 0 atom stereocenters. The monoisotopic (exact) mass is 238 g/mol. The van der Waals surface area contributed by atoms with Crippen LogP contribution in [0.2, 0.25) is 0 Å². The Labute approximate surface area is 101 Å². The number of benzene rings is 1. The zero-order chi connectivity index (χ0) is 12.7. The molecule has 0 radical (unpaired) electrons. The summed E-state index contributed by atoms with van der Waals surface area (Å²) in [5.74, 6) is 0.420. The third-order valence-electron chi connectivity index (χ3n) is 2.29. The first kappa shape index (κ1) is 13.5. The summed E-state index contributed by atoms with van der Waals surface area (Å²) in [5, 5.41) is 9.66. The minimum atomic E-state index is -0.0802. The van der Waals surface area contributed by atoms with Gasteiger partial charge in [0.1, 0.15) is 18.1 Å². The van der Waals surface area contributed by atoms with Crippen molar-refractivity contribution in [2.75, 3.05) is 19.8 Å². The minimum absolute atomic E-state index is 0.0363. The molecule has 0 aliphatic carbocycles. The molecule has 0 aliphatic rings. The number of carbonyl (C=O) groups excluding carboxylic acids is 1. The maximum atomic E-state index is 11.4. The molecule has 1 aromatic carbocycles. The predicted molar refractivity (Wildman–Crippen MR) is 64.7 cm³/mol. The van der Waals surface area contributed by atoms with Gasteiger partial charge in [-0.25, -0.2) is 0 Å². The Balaban J connectivity index is 2.59. The van der Waals surface area contributed by atoms with Crippen LogP contribution in [0.4, 0.5) is 0 Å². The highest BCUT2D eigenvalue weighted by Crippen LogP contribution is 2.24. The quantitative estimate of drug-likeness (QED) is 0.585. The van der Waals surface area contributed by atoms with Gasteiger partial charge in [0, 0.05) is 19.1 Å². The molecule has 0 aromatic heterocycles. The van der Waals surface area contributed by atoms with E-state index in [1.54, 1.807) is 19.1 Å². The third-order valence-corrected chi connectivity index (χ3v) is 2.29. The van der Waals surface area contributed by atoms with Crippen molar-refractivity contribution in [3.05, 3.63) is 23.8 Å². The Hall–Kier alpha value is -1.55. The average Bonchev–Trinajstić information content (AvgIpc) is 2.34. The second kappa shape index (κ2) is 6.91. The molecule has 17 heavy (non-hydrogen) atoms. The maximum Gasteiger partial charge on any atom is 0.166 e. The van der Waals surface area contributed by atoms with Crippen LogP contribution >= 0.6 is 0 Å². The highest BCUT2D eigenvalue weighted by molar-refractivity contribution is 5.98. The van der Waals surface area contributed by atoms with E-state index < -0.39 is 0 Å². The van der Waals surface area contributed by atoms with E-state index in [9.17, 15) is 9.90 Å². The third kappa shape index (κ3) is 4.07. The lowest BCUT2D eigenvalue weighted by Crippen LogP contribution is -2.06. The van der Waals surface area contributed by atoms with Gasteiger partial charge >= 0.3 is 0 Å². The highest BCUT2D eigenvalue weighted by atomic mass is 16.5. The summed E-state index contributed by atoms with van der Waals surface area (Å²) in [6.07, 6.45) is 0.373. The summed E-state index contributed by atoms with van der Waals surface area (Å²) in [4.78, 5) is 11.4. The van der Waals surface area contributed by atoms with Gasteiger partial charge in [-0.3, -0.25) is 4.79 Å². The second-order valence-electron chi connectivity index (χ2n) is 3.50. The van der Waals surface area contributed by atoms with Gasteiger partial charge in [0.05, 0.1) is 12.2 Å². The first-order valence-corrected chi connectivity index (χ1v) is 5.75. The fraction of sp³-hybridized carbons (Fsp3) is 0.462. The number of Topliss-reactive ketones (excluding diaryl/α,β-unsaturated/α-hetero) is 1. The van der Waals surface area contributed by atoms with Crippen molar-refractivity contribution in [1.29, 1.82) is 0 Å². The number of hydrogen-bond acceptors (Lipinski definition) is 4. The zero-order valence-electron chi connectivity index (χ0n) is 10.2. The van der Waals surface area contributed by atoms with Crippen LogP contribution in [0.25, 0.3) is 0 Å². The number of ether oxygens (including phenoxy) is 2. The van der Waals surface area contributed by atoms with Crippen LogP contribution in [0.1, 0.15) is 30.6 Å². The average molecular weight is 238 g/mol. The molecule has 1 rings (SSSR count). The lowest BCUT2D eigenvalue weighted by atomic mass is 10.1. The van der Waals surface area contributed by atoms with Crippen LogP contribution in [-0.2, 0) is 4.74 Å². The molecule has 0 saturated carbocycles. The van der Waals surface area contributed by atoms with Gasteiger partial charge in [0.15, 0.2) is 5.78 Å². The normalized spacial score (nSPS) is 10.2. The molecule has 0 amide bonds. The number of phenolic OH excluding ortho intramolecular Hbond substituents is 1. The number of rotatable bonds is 7. The summed E-state index contributed by atoms with van der Waals surface area (Å²) in [6, 6.07) is 4.71. The maximum absolute atomic E-state index is 11.4. The second-order valence-corrected chi connectivity index (χ2v) is 3.50. The summed E-state index contributed by atoms with van der Waals surface area (Å²) < 4.78 is 10.5. The Morgan fingerprint density at radius 3 is 2.65 bits per heavy atom. The fourth-order valence-corrected chi connectivity index (χ4v) is 1.39. The molecule has 0 unspecified atom stereocenters. The molecule has 0 heterocycles. The molecule has 1 aromatic rings. The van der Waals surface area contributed by atoms with E-state index in [4.69, 9.17) is 9.47 Å². The number of aromatic hydroxyl groups is 1. The van der Waals surface area contributed by atoms with Crippen LogP contribution < -0.4 is 4.74 Å². The summed E-state index contributed by atoms with van der Waals surface area (Å²) in [6.45, 7) is 5.26. The van der Waals surface area contributed by atoms with Gasteiger partial charge in [-0.1, -0.05) is 6.92 Å². The van der Waals surface area contributed by atoms with Crippen molar-refractivity contribution in [2.45, 2.75) is 20.3 Å². The minimum Gasteiger partial charge on any atom is -0.507 e. The van der Waals surface area contributed by atoms with E-state index in [0.29, 0.717) is 37.6 Å². The Morgan fingerprint density at radius 2 is 2.06 bits per heavy atom. The molecule has 0 bridgehead atoms. The van der Waals surface area contributed by atoms with Crippen molar-refractivity contribution < 1.29 is 19.4 Å². The van der Waals surface area contributed by atoms with Gasteiger partial charge in [0.25, 0.3) is 0 Å². The lowest BCUT2D eigenvalue weighted by Gasteiger charge is -2.08. The van der Waals surface area contributed by atoms with Gasteiger partial charge in [0.2, 0.25) is 0 Å². The number of carbonyl (C=O) groups is 1. The highest BCUT2D eigenvalue weighted by Gasteiger charge is 2.09. The van der Waals surface area contributed by atoms with Crippen LogP contribution in [-0.4, -0.2) is 30.7 Å². The van der Waals surface area contributed by atoms with Gasteiger partial charge < -0.3 is 14.6 Å². The Morgan fingerprint density at radius 1 is 1.29 bits per heavy atom. The van der Waals surface area contributed by atoms with E-state index in [0.717, 1.165) is 0 Å². The molecule has 1 N–H and O–H groups in total. The van der Waals surface area contributed by atoms with Crippen molar-refractivity contribution in [2.24, 2.45) is 0 Å². The van der Waals surface area contributed by atoms with Crippen LogP contribution in [0.3, 0.4) is 0 Å². The molecule has 4 nitrogen and oxygen atoms in total. The molecular formula is C13H18O4. The van der Waals surface area contributed by atoms with Gasteiger partial charge in [-0.05, 0) is 19.1 Å². The lowest BCUT2D eigenvalue weighted by molar-refractivity contribution is 0.0985. The molecular weight excluding hydrogens is 220 g/mol. The van der Waals surface area contributed by atoms with E-state index >= 15 is 0 Å². The fourth-order valence-electron chi connectivity index (χ4n) is 1.39. The Kier molecular flexibility index (Phi) is 5.49. The first-order valence-electron chi connectivity index (χ1n) is 5.75. The molecule has 0 spiro atoms. The van der Waals surface area contributed by atoms with E-state index in [1.165, 1.54) is 6.07 Å². The van der Waals surface area contributed by atoms with E-state index in [-0.39, 0.29) is 11.5 Å². The standard InChI is InChI=1S/C13H18O4/c1-3-12(14)11-6-5-10(9-13(11)15)17-8-7-16-4-2/h5-6,9,15H,3-4,7-8H2,1-2H3. The summed E-state index contributed by atoms with van der Waals surface area (Å²) >= 11 is 0. The van der Waals surface area contributed by atoms with Crippen molar-refractivity contribution in [1.82, 2.24) is 0 Å². The molecule has 94 valence electrons. The molecule has 4 heteroatoms. The number of hydrogen-bond donors (Lipinski definition) is 1. The van der Waals surface area contributed by atoms with E-state index in [2.05, 4.69) is 0 Å². The van der Waals surface area contributed by atoms with E-state index in [1.807, 2.05) is 6.92 Å². The Bertz CT molecular complexity index is 374. The smallest absolute Gasteiger partial charge is 0.166 e. The van der Waals surface area contributed by atoms with Crippen LogP contribution in [0.15, 0.2) is 18.2 Å². The summed E-state index contributed by atoms with van der Waals surface area (Å²) in [5.41, 5.74) is 0.338. The largest absolute Gasteiger partial charge is 0.507 e. The number of phenols is 1. The van der Waals surface area contributed by atoms with Crippen molar-refractivity contribution in [3.8, 4) is 11.5 Å². The molecule has 0 saturated heterocycles. The summed E-state index contributed by atoms with van der Waals surface area (Å²) in [7, 11) is 0. The first-order chi connectivity index (χ1) is 8.19. The van der Waals surface area contributed by atoms with Gasteiger partial charge in [-0.2, -0.15) is 0 Å². The number of ketones is 1. The van der Waals surface area contributed by atoms with Crippen LogP contribution in [0, 0.1) is 0 Å².